The molecule has 0 saturated heterocycles. The fraction of sp³-hybridized carbons (Fsp3) is 0.278. The molecule has 1 saturated carbocycles. The Morgan fingerprint density at radius 3 is 2.64 bits per heavy atom. The van der Waals surface area contributed by atoms with Crippen molar-refractivity contribution >= 4 is 27.7 Å². The van der Waals surface area contributed by atoms with Gasteiger partial charge in [0.15, 0.2) is 0 Å². The molecule has 0 atom stereocenters. The van der Waals surface area contributed by atoms with E-state index in [1.165, 1.54) is 24.5 Å². The van der Waals surface area contributed by atoms with Crippen LogP contribution in [-0.2, 0) is 21.4 Å². The van der Waals surface area contributed by atoms with Crippen LogP contribution in [0.4, 0.5) is 0 Å². The number of carbonyl (C=O) groups excluding carboxylic acids is 3. The number of furan rings is 1. The molecule has 1 aliphatic carbocycles. The van der Waals surface area contributed by atoms with Crippen LogP contribution in [0.1, 0.15) is 39.3 Å². The summed E-state index contributed by atoms with van der Waals surface area (Å²) in [4.78, 5) is 36.3. The van der Waals surface area contributed by atoms with Crippen molar-refractivity contribution in [1.29, 1.82) is 0 Å². The molecule has 1 aromatic heterocycles. The first-order valence-corrected chi connectivity index (χ1v) is 10.1. The topological polar surface area (TPSA) is 126 Å². The molecule has 2 N–H and O–H groups in total. The Kier molecular flexibility index (Phi) is 4.42. The lowest BCUT2D eigenvalue weighted by molar-refractivity contribution is -0.120. The van der Waals surface area contributed by atoms with Gasteiger partial charge in [-0.1, -0.05) is 0 Å². The molecule has 0 radical (unpaired) electrons. The molecule has 28 heavy (non-hydrogen) atoms. The number of benzene rings is 1. The summed E-state index contributed by atoms with van der Waals surface area (Å²) in [7, 11) is -3.94. The van der Waals surface area contributed by atoms with Crippen molar-refractivity contribution in [3.8, 4) is 0 Å². The SMILES string of the molecule is O=C(CNC(=O)c1ccc2c(c1)S(=O)(=O)N(C1CC1)C2=O)NCc1ccco1. The lowest BCUT2D eigenvalue weighted by Crippen LogP contribution is -2.36. The molecule has 146 valence electrons. The van der Waals surface area contributed by atoms with Crippen LogP contribution >= 0.6 is 0 Å². The number of hydrogen-bond acceptors (Lipinski definition) is 6. The minimum Gasteiger partial charge on any atom is -0.467 e. The van der Waals surface area contributed by atoms with Crippen LogP contribution in [0, 0.1) is 0 Å². The lowest BCUT2D eigenvalue weighted by atomic mass is 10.1. The van der Waals surface area contributed by atoms with E-state index in [9.17, 15) is 22.8 Å². The van der Waals surface area contributed by atoms with E-state index in [1.54, 1.807) is 12.1 Å². The van der Waals surface area contributed by atoms with E-state index < -0.39 is 27.7 Å². The van der Waals surface area contributed by atoms with Gasteiger partial charge in [-0.2, -0.15) is 0 Å². The molecule has 3 amide bonds. The van der Waals surface area contributed by atoms with Crippen molar-refractivity contribution < 1.29 is 27.2 Å². The van der Waals surface area contributed by atoms with Gasteiger partial charge in [0.25, 0.3) is 21.8 Å². The van der Waals surface area contributed by atoms with Crippen molar-refractivity contribution in [3.63, 3.8) is 0 Å². The number of amides is 3. The summed E-state index contributed by atoms with van der Waals surface area (Å²) >= 11 is 0. The van der Waals surface area contributed by atoms with Gasteiger partial charge in [0, 0.05) is 11.6 Å². The highest BCUT2D eigenvalue weighted by molar-refractivity contribution is 7.90. The third-order valence-corrected chi connectivity index (χ3v) is 6.41. The van der Waals surface area contributed by atoms with Gasteiger partial charge in [-0.15, -0.1) is 0 Å². The highest BCUT2D eigenvalue weighted by Crippen LogP contribution is 2.39. The van der Waals surface area contributed by atoms with E-state index >= 15 is 0 Å². The van der Waals surface area contributed by atoms with Gasteiger partial charge < -0.3 is 15.1 Å². The molecule has 2 aromatic rings. The van der Waals surface area contributed by atoms with Gasteiger partial charge in [-0.3, -0.25) is 14.4 Å². The second-order valence-electron chi connectivity index (χ2n) is 6.59. The standard InChI is InChI=1S/C18H17N3O6S/c22-16(19-9-13-2-1-7-27-13)10-20-17(23)11-3-6-14-15(8-11)28(25,26)21(18(14)24)12-4-5-12/h1-3,6-8,12H,4-5,9-10H2,(H,19,22)(H,20,23). The van der Waals surface area contributed by atoms with E-state index in [2.05, 4.69) is 10.6 Å². The minimum absolute atomic E-state index is 0.0617. The summed E-state index contributed by atoms with van der Waals surface area (Å²) < 4.78 is 31.2. The number of carbonyl (C=O) groups is 3. The first kappa shape index (κ1) is 18.2. The van der Waals surface area contributed by atoms with Crippen LogP contribution in [-0.4, -0.2) is 43.0 Å². The number of rotatable bonds is 6. The lowest BCUT2D eigenvalue weighted by Gasteiger charge is -2.13. The Labute approximate surface area is 160 Å². The zero-order chi connectivity index (χ0) is 19.9. The maximum Gasteiger partial charge on any atom is 0.269 e. The molecule has 0 unspecified atom stereocenters. The minimum atomic E-state index is -3.94. The third-order valence-electron chi connectivity index (χ3n) is 4.54. The molecule has 0 spiro atoms. The highest BCUT2D eigenvalue weighted by atomic mass is 32.2. The molecule has 0 bridgehead atoms. The van der Waals surface area contributed by atoms with E-state index in [4.69, 9.17) is 4.42 Å². The van der Waals surface area contributed by atoms with Gasteiger partial charge in [-0.25, -0.2) is 12.7 Å². The smallest absolute Gasteiger partial charge is 0.269 e. The van der Waals surface area contributed by atoms with Crippen molar-refractivity contribution in [2.75, 3.05) is 6.54 Å². The number of sulfonamides is 1. The summed E-state index contributed by atoms with van der Waals surface area (Å²) in [5, 5.41) is 5.01. The van der Waals surface area contributed by atoms with Crippen LogP contribution in [0.2, 0.25) is 0 Å². The Morgan fingerprint density at radius 2 is 1.96 bits per heavy atom. The van der Waals surface area contributed by atoms with Crippen LogP contribution in [0.5, 0.6) is 0 Å². The molecule has 2 aliphatic rings. The zero-order valence-corrected chi connectivity index (χ0v) is 15.5. The predicted molar refractivity (Wildman–Crippen MR) is 95.7 cm³/mol. The van der Waals surface area contributed by atoms with Crippen molar-refractivity contribution in [3.05, 3.63) is 53.5 Å². The number of fused-ring (bicyclic) bond motifs is 1. The Balaban J connectivity index is 1.41. The quantitative estimate of drug-likeness (QED) is 0.729. The molecular weight excluding hydrogens is 386 g/mol. The Hall–Kier alpha value is -3.14. The average molecular weight is 403 g/mol. The summed E-state index contributed by atoms with van der Waals surface area (Å²) in [6.07, 6.45) is 2.79. The number of hydrogen-bond donors (Lipinski definition) is 2. The summed E-state index contributed by atoms with van der Waals surface area (Å²) in [5.41, 5.74) is 0.131. The van der Waals surface area contributed by atoms with E-state index in [0.29, 0.717) is 18.6 Å². The maximum absolute atomic E-state index is 12.6. The summed E-state index contributed by atoms with van der Waals surface area (Å²) in [6, 6.07) is 7.00. The van der Waals surface area contributed by atoms with Crippen molar-refractivity contribution in [2.45, 2.75) is 30.3 Å². The average Bonchev–Trinajstić information content (AvgIpc) is 3.30. The molecule has 1 aliphatic heterocycles. The zero-order valence-electron chi connectivity index (χ0n) is 14.7. The third kappa shape index (κ3) is 3.26. The van der Waals surface area contributed by atoms with E-state index in [0.717, 1.165) is 4.31 Å². The van der Waals surface area contributed by atoms with Crippen LogP contribution in [0.25, 0.3) is 0 Å². The molecule has 1 fully saturated rings. The van der Waals surface area contributed by atoms with Gasteiger partial charge in [-0.05, 0) is 43.2 Å². The summed E-state index contributed by atoms with van der Waals surface area (Å²) in [5.74, 6) is -1.01. The number of nitrogens with one attached hydrogen (secondary N) is 2. The first-order chi connectivity index (χ1) is 13.4. The molecule has 1 aromatic carbocycles. The fourth-order valence-electron chi connectivity index (χ4n) is 2.98. The van der Waals surface area contributed by atoms with Crippen LogP contribution in [0.3, 0.4) is 0 Å². The Bertz CT molecular complexity index is 1060. The summed E-state index contributed by atoms with van der Waals surface area (Å²) in [6.45, 7) is -0.0889. The second kappa shape index (κ2) is 6.79. The molecule has 2 heterocycles. The first-order valence-electron chi connectivity index (χ1n) is 8.68. The monoisotopic (exact) mass is 403 g/mol. The maximum atomic E-state index is 12.6. The van der Waals surface area contributed by atoms with Crippen molar-refractivity contribution in [1.82, 2.24) is 14.9 Å². The molecular formula is C18H17N3O6S. The molecule has 10 heteroatoms. The number of nitrogens with zero attached hydrogens (tertiary/aromatic N) is 1. The van der Waals surface area contributed by atoms with Gasteiger partial charge in [0.2, 0.25) is 5.91 Å². The van der Waals surface area contributed by atoms with Crippen molar-refractivity contribution in [2.24, 2.45) is 0 Å². The fourth-order valence-corrected chi connectivity index (χ4v) is 4.82. The van der Waals surface area contributed by atoms with E-state index in [-0.39, 0.29) is 35.2 Å². The van der Waals surface area contributed by atoms with E-state index in [1.807, 2.05) is 0 Å². The van der Waals surface area contributed by atoms with Crippen LogP contribution < -0.4 is 10.6 Å². The van der Waals surface area contributed by atoms with Gasteiger partial charge in [0.05, 0.1) is 24.9 Å². The van der Waals surface area contributed by atoms with Gasteiger partial charge >= 0.3 is 0 Å². The predicted octanol–water partition coefficient (Wildman–Crippen LogP) is 0.633. The highest BCUT2D eigenvalue weighted by Gasteiger charge is 2.48. The normalized spacial score (nSPS) is 17.3. The second-order valence-corrected chi connectivity index (χ2v) is 8.37. The van der Waals surface area contributed by atoms with Gasteiger partial charge in [0.1, 0.15) is 10.7 Å². The Morgan fingerprint density at radius 1 is 1.18 bits per heavy atom. The largest absolute Gasteiger partial charge is 0.467 e. The molecule has 4 rings (SSSR count). The van der Waals surface area contributed by atoms with Crippen LogP contribution in [0.15, 0.2) is 45.9 Å². The molecule has 9 nitrogen and oxygen atoms in total.